The van der Waals surface area contributed by atoms with Gasteiger partial charge in [0.1, 0.15) is 23.7 Å². The van der Waals surface area contributed by atoms with E-state index < -0.39 is 96.9 Å². The van der Waals surface area contributed by atoms with E-state index in [-0.39, 0.29) is 98.4 Å². The van der Waals surface area contributed by atoms with E-state index in [2.05, 4.69) is 31.6 Å². The number of nitrogens with zero attached hydrogens (tertiary/aromatic N) is 7. The number of hydrogen-bond acceptors (Lipinski definition) is 19. The number of aromatic nitrogens is 1. The van der Waals surface area contributed by atoms with Crippen molar-refractivity contribution < 1.29 is 67.0 Å². The van der Waals surface area contributed by atoms with Gasteiger partial charge in [0.25, 0.3) is 0 Å². The molecule has 107 heavy (non-hydrogen) atoms. The number of amides is 11. The Hall–Kier alpha value is -6.99. The maximum Gasteiger partial charge on any atom is 0.410 e. The van der Waals surface area contributed by atoms with Gasteiger partial charge in [0.05, 0.1) is 81.5 Å². The van der Waals surface area contributed by atoms with Crippen molar-refractivity contribution in [2.24, 2.45) is 23.7 Å². The molecule has 1 saturated carbocycles. The van der Waals surface area contributed by atoms with Gasteiger partial charge < -0.3 is 65.3 Å². The van der Waals surface area contributed by atoms with E-state index in [4.69, 9.17) is 14.2 Å². The van der Waals surface area contributed by atoms with Gasteiger partial charge in [-0.15, -0.1) is 11.3 Å². The molecule has 5 N–H and O–H groups in total. The molecule has 0 spiro atoms. The zero-order chi connectivity index (χ0) is 78.1. The van der Waals surface area contributed by atoms with Crippen LogP contribution in [0.15, 0.2) is 66.2 Å². The largest absolute Gasteiger partial charge is 0.445 e. The molecule has 30 heteroatoms. The first-order valence-corrected chi connectivity index (χ1v) is 42.3. The van der Waals surface area contributed by atoms with Crippen molar-refractivity contribution >= 4 is 117 Å². The van der Waals surface area contributed by atoms with Gasteiger partial charge in [0.15, 0.2) is 0 Å². The second kappa shape index (κ2) is 46.5. The third-order valence-corrected chi connectivity index (χ3v) is 24.1. The van der Waals surface area contributed by atoms with Crippen LogP contribution >= 0.6 is 46.6 Å². The molecule has 2 saturated heterocycles. The SMILES string of the molecule is CC[C@H](C)[C@@H]([C@@H](CC(=O)N1CCC[C@H]1[C@H](OC)[C@@H](C)C(=O)NC(Cc1ccccc1)c1nccs1)OC)N(C)C(=O)CNC(=O)C(C(C)C)N(C)C(=O)OCc1ccc(NC(=O)CNC(=O)C(NC(=O)CSCCC(=O)N2CN(C(=O)CCSC)CN(C(=O)CCSC3CCCCCCCC3)C2)C(C)C)cc1. The first-order valence-electron chi connectivity index (χ1n) is 37.8. The number of carbonyl (C=O) groups is 11. The molecule has 1 aliphatic carbocycles. The molecule has 3 heterocycles. The first-order chi connectivity index (χ1) is 51.3. The minimum atomic E-state index is -1.04. The number of hydrogen-bond donors (Lipinski definition) is 5. The Morgan fingerprint density at radius 1 is 0.654 bits per heavy atom. The molecule has 3 aromatic rings. The van der Waals surface area contributed by atoms with E-state index in [0.717, 1.165) is 10.6 Å². The Balaban J connectivity index is 0.914. The number of rotatable bonds is 40. The number of carbonyl (C=O) groups excluding carboxylic acids is 11. The van der Waals surface area contributed by atoms with Crippen LogP contribution in [0.2, 0.25) is 0 Å². The third-order valence-electron chi connectivity index (χ3n) is 20.2. The molecule has 9 atom stereocenters. The highest BCUT2D eigenvalue weighted by Gasteiger charge is 2.43. The fraction of sp³-hybridized carbons (Fsp3) is 0.662. The zero-order valence-electron chi connectivity index (χ0n) is 64.8. The first kappa shape index (κ1) is 88.9. The van der Waals surface area contributed by atoms with E-state index in [1.165, 1.54) is 103 Å². The van der Waals surface area contributed by atoms with Crippen molar-refractivity contribution in [1.82, 2.24) is 55.7 Å². The lowest BCUT2D eigenvalue weighted by Crippen LogP contribution is -2.59. The highest BCUT2D eigenvalue weighted by Crippen LogP contribution is 2.32. The molecule has 26 nitrogen and oxygen atoms in total. The monoisotopic (exact) mass is 1560 g/mol. The lowest BCUT2D eigenvalue weighted by Gasteiger charge is -2.42. The fourth-order valence-corrected chi connectivity index (χ4v) is 17.1. The van der Waals surface area contributed by atoms with Crippen LogP contribution in [-0.2, 0) is 75.2 Å². The summed E-state index contributed by atoms with van der Waals surface area (Å²) in [5, 5.41) is 17.2. The van der Waals surface area contributed by atoms with Crippen molar-refractivity contribution in [3.8, 4) is 0 Å². The average Bonchev–Trinajstić information content (AvgIpc) is 1.73. The number of thioether (sulfide) groups is 3. The lowest BCUT2D eigenvalue weighted by atomic mass is 9.90. The van der Waals surface area contributed by atoms with E-state index >= 15 is 0 Å². The molecule has 0 radical (unpaired) electrons. The van der Waals surface area contributed by atoms with Crippen LogP contribution in [0, 0.1) is 23.7 Å². The molecule has 3 aliphatic rings. The number of thiazole rings is 1. The van der Waals surface area contributed by atoms with Gasteiger partial charge in [-0.2, -0.15) is 35.3 Å². The summed E-state index contributed by atoms with van der Waals surface area (Å²) < 4.78 is 17.7. The summed E-state index contributed by atoms with van der Waals surface area (Å²) in [5.74, 6) is -3.40. The van der Waals surface area contributed by atoms with E-state index in [1.807, 2.05) is 74.5 Å². The van der Waals surface area contributed by atoms with Crippen LogP contribution in [0.5, 0.6) is 0 Å². The van der Waals surface area contributed by atoms with Crippen LogP contribution in [-0.4, -0.2) is 238 Å². The highest BCUT2D eigenvalue weighted by atomic mass is 32.2. The van der Waals surface area contributed by atoms with Crippen molar-refractivity contribution in [1.29, 1.82) is 0 Å². The normalized spacial score (nSPS) is 17.4. The number of ether oxygens (including phenoxy) is 3. The summed E-state index contributed by atoms with van der Waals surface area (Å²) in [6, 6.07) is 13.0. The number of benzene rings is 2. The molecule has 2 aromatic carbocycles. The second-order valence-corrected chi connectivity index (χ2v) is 33.2. The molecule has 11 amide bonds. The number of likely N-dealkylation sites (tertiary alicyclic amines) is 1. The Bertz CT molecular complexity index is 3310. The van der Waals surface area contributed by atoms with Gasteiger partial charge in [-0.1, -0.05) is 136 Å². The molecule has 0 bridgehead atoms. The van der Waals surface area contributed by atoms with Gasteiger partial charge in [-0.3, -0.25) is 52.8 Å². The summed E-state index contributed by atoms with van der Waals surface area (Å²) in [7, 11) is 6.12. The molecular weight excluding hydrogens is 1450 g/mol. The van der Waals surface area contributed by atoms with Crippen LogP contribution in [0.3, 0.4) is 0 Å². The Morgan fingerprint density at radius 2 is 1.27 bits per heavy atom. The highest BCUT2D eigenvalue weighted by molar-refractivity contribution is 8.00. The zero-order valence-corrected chi connectivity index (χ0v) is 68.1. The second-order valence-electron chi connectivity index (χ2n) is 28.8. The number of methoxy groups -OCH3 is 2. The van der Waals surface area contributed by atoms with E-state index in [0.29, 0.717) is 73.1 Å². The van der Waals surface area contributed by atoms with Crippen molar-refractivity contribution in [2.45, 2.75) is 205 Å². The predicted octanol–water partition coefficient (Wildman–Crippen LogP) is 8.94. The van der Waals surface area contributed by atoms with Gasteiger partial charge in [-0.25, -0.2) is 9.78 Å². The Labute approximate surface area is 650 Å². The smallest absolute Gasteiger partial charge is 0.410 e. The molecule has 2 aliphatic heterocycles. The van der Waals surface area contributed by atoms with Crippen molar-refractivity contribution in [3.63, 3.8) is 0 Å². The standard InChI is InChI=1S/C77H118N12O14S4/c1-13-53(6)71(61(101-10)43-67(95)89-37-23-28-60(89)72(102-11)54(7)73(97)82-59(76-78-36-41-107-76)42-55-24-19-18-20-25-55)84(8)68(96)45-80-75(99)70(52(4)5)85(9)77(100)103-46-56-29-31-57(32-30-56)81-62(90)44-79-74(98)69(51(2)3)83-63(91)47-105-39-34-65(93)87-48-86(64(92)33-38-104-12)49-88(50-87)66(94)35-40-106-58-26-21-16-14-15-17-22-27-58/h18-20,24-25,29-32,36,41,51-54,58-61,69-72H,13-17,21-23,26-28,33-35,37-40,42-50H2,1-12H3,(H,79,98)(H,80,99)(H,81,90)(H,82,97)(H,83,91)/t53-,54+,59?,60-,61+,69?,70?,71-,72+/m0/s1. The van der Waals surface area contributed by atoms with Crippen LogP contribution in [0.25, 0.3) is 0 Å². The molecular formula is C77H118N12O14S4. The fourth-order valence-electron chi connectivity index (χ4n) is 14.0. The maximum absolute atomic E-state index is 14.5. The van der Waals surface area contributed by atoms with Crippen molar-refractivity contribution in [2.75, 3.05) is 103 Å². The summed E-state index contributed by atoms with van der Waals surface area (Å²) >= 11 is 6.11. The van der Waals surface area contributed by atoms with Crippen LogP contribution in [0.1, 0.15) is 167 Å². The summed E-state index contributed by atoms with van der Waals surface area (Å²) in [6.07, 6.45) is 14.5. The summed E-state index contributed by atoms with van der Waals surface area (Å²) in [5.41, 5.74) is 2.00. The minimum absolute atomic E-state index is 0.0429. The topological polar surface area (TPSA) is 308 Å². The summed E-state index contributed by atoms with van der Waals surface area (Å²) in [6.45, 7) is 12.6. The van der Waals surface area contributed by atoms with Gasteiger partial charge in [0.2, 0.25) is 59.1 Å². The Kier molecular flexibility index (Phi) is 38.6. The summed E-state index contributed by atoms with van der Waals surface area (Å²) in [4.78, 5) is 164. The van der Waals surface area contributed by atoms with Crippen LogP contribution < -0.4 is 26.6 Å². The molecule has 3 fully saturated rings. The molecule has 3 unspecified atom stereocenters. The maximum atomic E-state index is 14.5. The minimum Gasteiger partial charge on any atom is -0.445 e. The van der Waals surface area contributed by atoms with Gasteiger partial charge in [0, 0.05) is 93.9 Å². The quantitative estimate of drug-likeness (QED) is 0.0332. The van der Waals surface area contributed by atoms with E-state index in [1.54, 1.807) is 98.8 Å². The van der Waals surface area contributed by atoms with Gasteiger partial charge in [-0.05, 0) is 79.4 Å². The lowest BCUT2D eigenvalue weighted by molar-refractivity contribution is -0.158. The molecule has 6 rings (SSSR count). The van der Waals surface area contributed by atoms with Gasteiger partial charge >= 0.3 is 6.09 Å². The van der Waals surface area contributed by atoms with Crippen LogP contribution in [0.4, 0.5) is 10.5 Å². The third kappa shape index (κ3) is 28.4. The Morgan fingerprint density at radius 3 is 1.85 bits per heavy atom. The molecule has 594 valence electrons. The average molecular weight is 1560 g/mol. The predicted molar refractivity (Wildman–Crippen MR) is 422 cm³/mol. The van der Waals surface area contributed by atoms with Crippen molar-refractivity contribution in [3.05, 3.63) is 82.3 Å². The number of likely N-dealkylation sites (N-methyl/N-ethyl adjacent to an activating group) is 2. The number of anilines is 1. The molecule has 1 aromatic heterocycles. The number of nitrogens with one attached hydrogen (secondary N) is 5. The van der Waals surface area contributed by atoms with E-state index in [9.17, 15) is 52.7 Å².